The van der Waals surface area contributed by atoms with Crippen LogP contribution in [0.3, 0.4) is 0 Å². The lowest BCUT2D eigenvalue weighted by atomic mass is 9.94. The molecule has 3 heterocycles. The fraction of sp³-hybridized carbons (Fsp3) is 0.444. The summed E-state index contributed by atoms with van der Waals surface area (Å²) in [5.74, 6) is -1.63. The number of nitrogens with one attached hydrogen (secondary N) is 1. The van der Waals surface area contributed by atoms with Gasteiger partial charge in [0.2, 0.25) is 11.1 Å². The van der Waals surface area contributed by atoms with Crippen molar-refractivity contribution in [1.82, 2.24) is 30.4 Å². The van der Waals surface area contributed by atoms with E-state index in [2.05, 4.69) is 20.8 Å². The number of hydrogen-bond acceptors (Lipinski definition) is 9. The molecule has 0 bridgehead atoms. The van der Waals surface area contributed by atoms with Crippen LogP contribution in [0.5, 0.6) is 0 Å². The van der Waals surface area contributed by atoms with Crippen molar-refractivity contribution >= 4 is 41.3 Å². The number of rotatable bonds is 7. The second kappa shape index (κ2) is 8.85. The van der Waals surface area contributed by atoms with Gasteiger partial charge in [0.25, 0.3) is 5.91 Å². The Morgan fingerprint density at radius 2 is 2.10 bits per heavy atom. The van der Waals surface area contributed by atoms with Crippen LogP contribution in [0.4, 0.5) is 0 Å². The van der Waals surface area contributed by atoms with Gasteiger partial charge in [0, 0.05) is 24.5 Å². The summed E-state index contributed by atoms with van der Waals surface area (Å²) in [5.41, 5.74) is 0.415. The predicted molar refractivity (Wildman–Crippen MR) is 111 cm³/mol. The molecular formula is C18H20N6O5S2. The molecule has 11 nitrogen and oxygen atoms in total. The SMILES string of the molecule is Cn1nnnc1SCC1CSC2C(NC(=O)C(O)c3ccccc3)C(=O)N2C1C(=O)O. The third-order valence-corrected chi connectivity index (χ3v) is 7.89. The molecule has 2 fully saturated rings. The van der Waals surface area contributed by atoms with Crippen LogP contribution in [0.25, 0.3) is 0 Å². The van der Waals surface area contributed by atoms with E-state index < -0.39 is 41.3 Å². The Balaban J connectivity index is 1.41. The van der Waals surface area contributed by atoms with E-state index in [-0.39, 0.29) is 5.92 Å². The molecule has 0 aliphatic carbocycles. The number of carboxylic acids is 1. The van der Waals surface area contributed by atoms with Crippen molar-refractivity contribution in [2.24, 2.45) is 13.0 Å². The van der Waals surface area contributed by atoms with Gasteiger partial charge in [-0.2, -0.15) is 0 Å². The molecule has 3 N–H and O–H groups in total. The summed E-state index contributed by atoms with van der Waals surface area (Å²) in [6.07, 6.45) is -1.41. The van der Waals surface area contributed by atoms with Gasteiger partial charge < -0.3 is 20.4 Å². The first-order valence-electron chi connectivity index (χ1n) is 9.43. The Bertz CT molecular complexity index is 989. The van der Waals surface area contributed by atoms with Gasteiger partial charge in [-0.15, -0.1) is 16.9 Å². The highest BCUT2D eigenvalue weighted by atomic mass is 32.2. The van der Waals surface area contributed by atoms with Crippen LogP contribution in [0.1, 0.15) is 11.7 Å². The van der Waals surface area contributed by atoms with E-state index in [1.807, 2.05) is 0 Å². The van der Waals surface area contributed by atoms with Crippen LogP contribution < -0.4 is 5.32 Å². The third-order valence-electron chi connectivity index (χ3n) is 5.23. The van der Waals surface area contributed by atoms with Gasteiger partial charge in [0.1, 0.15) is 17.5 Å². The van der Waals surface area contributed by atoms with Gasteiger partial charge in [-0.1, -0.05) is 42.1 Å². The van der Waals surface area contributed by atoms with Crippen LogP contribution in [-0.2, 0) is 21.4 Å². The highest BCUT2D eigenvalue weighted by molar-refractivity contribution is 8.00. The number of aliphatic hydroxyl groups excluding tert-OH is 1. The normalized spacial score (nSPS) is 26.0. The number of aliphatic hydroxyl groups is 1. The molecule has 2 amide bonds. The number of aryl methyl sites for hydroxylation is 1. The summed E-state index contributed by atoms with van der Waals surface area (Å²) in [6, 6.07) is 6.53. The molecule has 4 rings (SSSR count). The first kappa shape index (κ1) is 21.6. The van der Waals surface area contributed by atoms with Crippen LogP contribution in [0, 0.1) is 5.92 Å². The van der Waals surface area contributed by atoms with Crippen molar-refractivity contribution in [2.45, 2.75) is 28.7 Å². The number of benzene rings is 1. The number of thioether (sulfide) groups is 2. The Morgan fingerprint density at radius 3 is 2.74 bits per heavy atom. The number of β-lactam (4-membered cyclic amide) rings is 1. The highest BCUT2D eigenvalue weighted by Crippen LogP contribution is 2.42. The standard InChI is InChI=1S/C18H20N6O5S2/c1-23-18(20-21-22-23)31-8-10-7-30-16-11(15(27)24(16)12(10)17(28)29)19-14(26)13(25)9-5-3-2-4-6-9/h2-6,10-13,16,25H,7-8H2,1H3,(H,19,26)(H,28,29). The zero-order chi connectivity index (χ0) is 22.1. The first-order chi connectivity index (χ1) is 14.9. The molecule has 0 spiro atoms. The summed E-state index contributed by atoms with van der Waals surface area (Å²) in [7, 11) is 1.69. The molecule has 2 aliphatic rings. The number of amides is 2. The maximum atomic E-state index is 12.7. The van der Waals surface area contributed by atoms with Crippen molar-refractivity contribution in [3.05, 3.63) is 35.9 Å². The monoisotopic (exact) mass is 464 g/mol. The number of aliphatic carboxylic acids is 1. The van der Waals surface area contributed by atoms with Gasteiger partial charge in [0.05, 0.1) is 0 Å². The maximum absolute atomic E-state index is 12.7. The molecule has 5 atom stereocenters. The second-order valence-electron chi connectivity index (χ2n) is 7.21. The lowest BCUT2D eigenvalue weighted by molar-refractivity contribution is -0.165. The number of fused-ring (bicyclic) bond motifs is 1. The van der Waals surface area contributed by atoms with Crippen LogP contribution in [0.2, 0.25) is 0 Å². The zero-order valence-corrected chi connectivity index (χ0v) is 18.0. The van der Waals surface area contributed by atoms with Gasteiger partial charge in [-0.05, 0) is 16.0 Å². The molecule has 31 heavy (non-hydrogen) atoms. The Kier molecular flexibility index (Phi) is 6.16. The molecular weight excluding hydrogens is 444 g/mol. The predicted octanol–water partition coefficient (Wildman–Crippen LogP) is -0.495. The fourth-order valence-corrected chi connectivity index (χ4v) is 6.28. The van der Waals surface area contributed by atoms with Crippen molar-refractivity contribution in [1.29, 1.82) is 0 Å². The summed E-state index contributed by atoms with van der Waals surface area (Å²) < 4.78 is 1.50. The quantitative estimate of drug-likeness (QED) is 0.361. The van der Waals surface area contributed by atoms with E-state index in [9.17, 15) is 24.6 Å². The molecule has 1 aromatic heterocycles. The van der Waals surface area contributed by atoms with E-state index >= 15 is 0 Å². The maximum Gasteiger partial charge on any atom is 0.326 e. The van der Waals surface area contributed by atoms with E-state index in [1.165, 1.54) is 33.1 Å². The smallest absolute Gasteiger partial charge is 0.326 e. The minimum atomic E-state index is -1.41. The number of aromatic nitrogens is 4. The number of hydrogen-bond donors (Lipinski definition) is 3. The number of carbonyl (C=O) groups is 3. The van der Waals surface area contributed by atoms with Crippen molar-refractivity contribution in [2.75, 3.05) is 11.5 Å². The average Bonchev–Trinajstić information content (AvgIpc) is 3.19. The highest BCUT2D eigenvalue weighted by Gasteiger charge is 2.58. The molecule has 0 saturated carbocycles. The summed E-state index contributed by atoms with van der Waals surface area (Å²) in [5, 5.41) is 33.9. The van der Waals surface area contributed by atoms with E-state index in [0.717, 1.165) is 0 Å². The van der Waals surface area contributed by atoms with Crippen molar-refractivity contribution in [3.63, 3.8) is 0 Å². The van der Waals surface area contributed by atoms with E-state index in [4.69, 9.17) is 0 Å². The average molecular weight is 465 g/mol. The van der Waals surface area contributed by atoms with E-state index in [1.54, 1.807) is 37.4 Å². The lowest BCUT2D eigenvalue weighted by Crippen LogP contribution is -2.76. The summed E-state index contributed by atoms with van der Waals surface area (Å²) >= 11 is 2.75. The number of carbonyl (C=O) groups excluding carboxylic acids is 2. The molecule has 2 aliphatic heterocycles. The number of carboxylic acid groups (broad SMARTS) is 1. The van der Waals surface area contributed by atoms with E-state index in [0.29, 0.717) is 22.2 Å². The van der Waals surface area contributed by atoms with Crippen LogP contribution in [-0.4, -0.2) is 82.1 Å². The molecule has 2 saturated heterocycles. The molecule has 13 heteroatoms. The molecule has 164 valence electrons. The minimum absolute atomic E-state index is 0.309. The Labute approximate surface area is 185 Å². The summed E-state index contributed by atoms with van der Waals surface area (Å²) in [6.45, 7) is 0. The number of nitrogens with zero attached hydrogens (tertiary/aromatic N) is 5. The Hall–Kier alpha value is -2.64. The van der Waals surface area contributed by atoms with Gasteiger partial charge >= 0.3 is 5.97 Å². The lowest BCUT2D eigenvalue weighted by Gasteiger charge is -2.54. The van der Waals surface area contributed by atoms with Crippen molar-refractivity contribution < 1.29 is 24.6 Å². The topological polar surface area (TPSA) is 151 Å². The van der Waals surface area contributed by atoms with Gasteiger partial charge in [-0.3, -0.25) is 9.59 Å². The second-order valence-corrected chi connectivity index (χ2v) is 9.34. The van der Waals surface area contributed by atoms with Gasteiger partial charge in [-0.25, -0.2) is 9.48 Å². The largest absolute Gasteiger partial charge is 0.480 e. The van der Waals surface area contributed by atoms with Gasteiger partial charge in [0.15, 0.2) is 6.10 Å². The summed E-state index contributed by atoms with van der Waals surface area (Å²) in [4.78, 5) is 38.5. The van der Waals surface area contributed by atoms with Crippen LogP contribution in [0.15, 0.2) is 35.5 Å². The zero-order valence-electron chi connectivity index (χ0n) is 16.4. The van der Waals surface area contributed by atoms with Crippen LogP contribution >= 0.6 is 23.5 Å². The van der Waals surface area contributed by atoms with Crippen molar-refractivity contribution in [3.8, 4) is 0 Å². The Morgan fingerprint density at radius 1 is 1.35 bits per heavy atom. The molecule has 1 aromatic carbocycles. The molecule has 0 radical (unpaired) electrons. The number of tetrazole rings is 1. The minimum Gasteiger partial charge on any atom is -0.480 e. The molecule has 2 aromatic rings. The fourth-order valence-electron chi connectivity index (χ4n) is 3.64. The first-order valence-corrected chi connectivity index (χ1v) is 11.5. The molecule has 5 unspecified atom stereocenters. The third kappa shape index (κ3) is 4.12.